The number of halogens is 8. The lowest BCUT2D eigenvalue weighted by Crippen LogP contribution is -2.50. The van der Waals surface area contributed by atoms with Gasteiger partial charge >= 0.3 is 12.4 Å². The average molecular weight is 610 g/mol. The third-order valence-electron chi connectivity index (χ3n) is 6.84. The summed E-state index contributed by atoms with van der Waals surface area (Å²) >= 11 is 0. The molecule has 5 rings (SSSR count). The lowest BCUT2D eigenvalue weighted by Gasteiger charge is -2.29. The number of alkyl halides is 7. The molecule has 1 saturated carbocycles. The molecule has 1 saturated heterocycles. The Morgan fingerprint density at radius 1 is 1.02 bits per heavy atom. The highest BCUT2D eigenvalue weighted by Gasteiger charge is 2.67. The summed E-state index contributed by atoms with van der Waals surface area (Å²) in [6, 6.07) is 2.05. The van der Waals surface area contributed by atoms with E-state index in [2.05, 4.69) is 20.4 Å². The topological polar surface area (TPSA) is 110 Å². The molecule has 3 aromatic rings. The zero-order valence-corrected chi connectivity index (χ0v) is 21.2. The lowest BCUT2D eigenvalue weighted by atomic mass is 10.1. The summed E-state index contributed by atoms with van der Waals surface area (Å²) in [5.74, 6) is -3.33. The van der Waals surface area contributed by atoms with Crippen LogP contribution in [-0.4, -0.2) is 56.1 Å². The molecule has 2 atom stereocenters. The van der Waals surface area contributed by atoms with Crippen LogP contribution in [-0.2, 0) is 33.7 Å². The van der Waals surface area contributed by atoms with Crippen molar-refractivity contribution in [2.75, 3.05) is 0 Å². The van der Waals surface area contributed by atoms with Gasteiger partial charge in [0.25, 0.3) is 0 Å². The second-order valence-corrected chi connectivity index (χ2v) is 11.3. The van der Waals surface area contributed by atoms with Crippen molar-refractivity contribution < 1.29 is 48.3 Å². The average Bonchev–Trinajstić information content (AvgIpc) is 3.45. The SMILES string of the molecule is O=C(NCc1cn(-c2cnc(C(F)(F)F)nc2)nc1C(F)(F)F)[C@@H]1C[C@@H](F)C2(CC2)N1S(=O)(=O)c1ccc(F)cc1. The van der Waals surface area contributed by atoms with Gasteiger partial charge in [-0.25, -0.2) is 31.8 Å². The molecule has 1 spiro atoms. The fourth-order valence-corrected chi connectivity index (χ4v) is 6.76. The Labute approximate surface area is 226 Å². The molecule has 2 aromatic heterocycles. The van der Waals surface area contributed by atoms with Crippen LogP contribution in [0.25, 0.3) is 5.69 Å². The fourth-order valence-electron chi connectivity index (χ4n) is 4.76. The predicted octanol–water partition coefficient (Wildman–Crippen LogP) is 3.79. The molecule has 1 aliphatic carbocycles. The van der Waals surface area contributed by atoms with Crippen LogP contribution in [0.1, 0.15) is 36.3 Å². The van der Waals surface area contributed by atoms with Gasteiger partial charge in [0, 0.05) is 24.7 Å². The Balaban J connectivity index is 1.40. The van der Waals surface area contributed by atoms with Crippen molar-refractivity contribution in [2.45, 2.75) is 60.8 Å². The van der Waals surface area contributed by atoms with E-state index in [1.54, 1.807) is 0 Å². The van der Waals surface area contributed by atoms with Crippen molar-refractivity contribution in [3.05, 3.63) is 65.8 Å². The van der Waals surface area contributed by atoms with Gasteiger partial charge in [0.2, 0.25) is 21.8 Å². The minimum absolute atomic E-state index is 0.110. The largest absolute Gasteiger partial charge is 0.451 e. The molecule has 1 N–H and O–H groups in total. The minimum Gasteiger partial charge on any atom is -0.350 e. The van der Waals surface area contributed by atoms with E-state index in [4.69, 9.17) is 0 Å². The maximum absolute atomic E-state index is 15.0. The van der Waals surface area contributed by atoms with Gasteiger partial charge < -0.3 is 5.32 Å². The summed E-state index contributed by atoms with van der Waals surface area (Å²) in [6.07, 6.45) is -10.00. The van der Waals surface area contributed by atoms with Crippen LogP contribution in [0.5, 0.6) is 0 Å². The second-order valence-electron chi connectivity index (χ2n) is 9.50. The van der Waals surface area contributed by atoms with E-state index in [9.17, 15) is 43.9 Å². The first-order chi connectivity index (χ1) is 19.0. The molecular weight excluding hydrogens is 592 g/mol. The monoisotopic (exact) mass is 610 g/mol. The Hall–Kier alpha value is -3.67. The highest BCUT2D eigenvalue weighted by atomic mass is 32.2. The number of carbonyl (C=O) groups excluding carboxylic acids is 1. The summed E-state index contributed by atoms with van der Waals surface area (Å²) in [5.41, 5.74) is -3.94. The molecule has 9 nitrogen and oxygen atoms in total. The van der Waals surface area contributed by atoms with Gasteiger partial charge in [0.15, 0.2) is 5.69 Å². The van der Waals surface area contributed by atoms with E-state index in [1.807, 2.05) is 0 Å². The quantitative estimate of drug-likeness (QED) is 0.426. The van der Waals surface area contributed by atoms with E-state index < -0.39 is 86.8 Å². The van der Waals surface area contributed by atoms with Gasteiger partial charge in [0.05, 0.1) is 22.8 Å². The Morgan fingerprint density at radius 2 is 1.63 bits per heavy atom. The predicted molar refractivity (Wildman–Crippen MR) is 122 cm³/mol. The highest BCUT2D eigenvalue weighted by Crippen LogP contribution is 2.55. The molecule has 1 aromatic carbocycles. The standard InChI is InChI=1S/C23H18F8N6O3S/c24-13-1-3-15(4-2-13)41(39,40)37-16(7-17(25)21(37)5-6-21)19(38)32-8-12-11-36(35-18(12)22(26,27)28)14-9-33-20(34-10-14)23(29,30)31/h1-4,9-11,16-17H,5-8H2,(H,32,38)/t16-,17+/m0/s1. The summed E-state index contributed by atoms with van der Waals surface area (Å²) in [6.45, 7) is -0.833. The number of rotatable bonds is 6. The van der Waals surface area contributed by atoms with Crippen LogP contribution in [0.4, 0.5) is 35.1 Å². The molecule has 2 fully saturated rings. The van der Waals surface area contributed by atoms with Crippen LogP contribution >= 0.6 is 0 Å². The van der Waals surface area contributed by atoms with Gasteiger partial charge in [-0.1, -0.05) is 0 Å². The third kappa shape index (κ3) is 5.25. The number of benzene rings is 1. The number of nitrogens with zero attached hydrogens (tertiary/aromatic N) is 5. The molecule has 220 valence electrons. The Bertz CT molecular complexity index is 1570. The van der Waals surface area contributed by atoms with Crippen LogP contribution in [0.15, 0.2) is 47.8 Å². The van der Waals surface area contributed by atoms with Crippen molar-refractivity contribution in [3.63, 3.8) is 0 Å². The molecule has 0 radical (unpaired) electrons. The fraction of sp³-hybridized carbons (Fsp3) is 0.391. The number of carbonyl (C=O) groups is 1. The van der Waals surface area contributed by atoms with E-state index >= 15 is 4.39 Å². The molecule has 1 amide bonds. The van der Waals surface area contributed by atoms with Crippen LogP contribution in [0.2, 0.25) is 0 Å². The molecule has 2 aliphatic rings. The van der Waals surface area contributed by atoms with Gasteiger partial charge in [-0.15, -0.1) is 0 Å². The summed E-state index contributed by atoms with van der Waals surface area (Å²) < 4.78 is 136. The zero-order chi connectivity index (χ0) is 30.0. The number of nitrogens with one attached hydrogen (secondary N) is 1. The number of hydrogen-bond donors (Lipinski definition) is 1. The van der Waals surface area contributed by atoms with E-state index in [0.29, 0.717) is 21.4 Å². The van der Waals surface area contributed by atoms with Crippen LogP contribution in [0.3, 0.4) is 0 Å². The molecule has 3 heterocycles. The van der Waals surface area contributed by atoms with Crippen LogP contribution < -0.4 is 5.32 Å². The second kappa shape index (κ2) is 9.71. The minimum atomic E-state index is -5.05. The molecule has 0 unspecified atom stereocenters. The Morgan fingerprint density at radius 3 is 2.17 bits per heavy atom. The molecule has 0 bridgehead atoms. The molecular formula is C23H18F8N6O3S. The van der Waals surface area contributed by atoms with Gasteiger partial charge in [0.1, 0.15) is 23.7 Å². The Kier molecular flexibility index (Phi) is 6.83. The van der Waals surface area contributed by atoms with Crippen molar-refractivity contribution in [3.8, 4) is 5.69 Å². The van der Waals surface area contributed by atoms with Crippen molar-refractivity contribution in [1.82, 2.24) is 29.4 Å². The summed E-state index contributed by atoms with van der Waals surface area (Å²) in [5, 5.41) is 5.54. The zero-order valence-electron chi connectivity index (χ0n) is 20.4. The maximum Gasteiger partial charge on any atom is 0.451 e. The maximum atomic E-state index is 15.0. The van der Waals surface area contributed by atoms with Gasteiger partial charge in [-0.3, -0.25) is 4.79 Å². The van der Waals surface area contributed by atoms with E-state index in [0.717, 1.165) is 30.5 Å². The van der Waals surface area contributed by atoms with Crippen molar-refractivity contribution in [1.29, 1.82) is 0 Å². The molecule has 41 heavy (non-hydrogen) atoms. The number of hydrogen-bond acceptors (Lipinski definition) is 6. The first-order valence-electron chi connectivity index (χ1n) is 11.8. The normalized spacial score (nSPS) is 20.9. The molecule has 1 aliphatic heterocycles. The summed E-state index contributed by atoms with van der Waals surface area (Å²) in [4.78, 5) is 18.9. The smallest absolute Gasteiger partial charge is 0.350 e. The van der Waals surface area contributed by atoms with Crippen molar-refractivity contribution >= 4 is 15.9 Å². The van der Waals surface area contributed by atoms with Crippen LogP contribution in [0, 0.1) is 5.82 Å². The van der Waals surface area contributed by atoms with E-state index in [-0.39, 0.29) is 18.5 Å². The van der Waals surface area contributed by atoms with Gasteiger partial charge in [-0.05, 0) is 37.1 Å². The molecule has 18 heteroatoms. The summed E-state index contributed by atoms with van der Waals surface area (Å²) in [7, 11) is -4.51. The first kappa shape index (κ1) is 28.8. The number of amides is 1. The van der Waals surface area contributed by atoms with Gasteiger partial charge in [-0.2, -0.15) is 35.7 Å². The first-order valence-corrected chi connectivity index (χ1v) is 13.3. The van der Waals surface area contributed by atoms with Crippen molar-refractivity contribution in [2.24, 2.45) is 0 Å². The van der Waals surface area contributed by atoms with E-state index in [1.165, 1.54) is 0 Å². The number of sulfonamides is 1. The third-order valence-corrected chi connectivity index (χ3v) is 8.84. The highest BCUT2D eigenvalue weighted by molar-refractivity contribution is 7.89. The number of aromatic nitrogens is 4. The lowest BCUT2D eigenvalue weighted by molar-refractivity contribution is -0.145.